The number of H-pyrrole nitrogens is 1. The number of carbonyl (C=O) groups excluding carboxylic acids is 2. The number of hydrogen-bond donors (Lipinski definition) is 2. The van der Waals surface area contributed by atoms with E-state index in [1.807, 2.05) is 54.3 Å². The third kappa shape index (κ3) is 2.11. The van der Waals surface area contributed by atoms with Crippen molar-refractivity contribution in [3.63, 3.8) is 0 Å². The Morgan fingerprint density at radius 2 is 1.93 bits per heavy atom. The summed E-state index contributed by atoms with van der Waals surface area (Å²) in [5.74, 6) is -0.0142. The van der Waals surface area contributed by atoms with E-state index in [9.17, 15) is 9.59 Å². The van der Waals surface area contributed by atoms with Gasteiger partial charge in [0, 0.05) is 29.9 Å². The van der Waals surface area contributed by atoms with Gasteiger partial charge in [0.15, 0.2) is 0 Å². The molecular weight excluding hydrogens is 338 g/mol. The van der Waals surface area contributed by atoms with Crippen LogP contribution in [-0.4, -0.2) is 34.8 Å². The fourth-order valence-electron chi connectivity index (χ4n) is 4.59. The average Bonchev–Trinajstić information content (AvgIpc) is 3.32. The highest BCUT2D eigenvalue weighted by atomic mass is 16.2. The Balaban J connectivity index is 1.52. The first-order chi connectivity index (χ1) is 13.0. The van der Waals surface area contributed by atoms with Gasteiger partial charge in [-0.05, 0) is 43.5 Å². The number of nitrogens with zero attached hydrogens (tertiary/aromatic N) is 1. The Morgan fingerprint density at radius 3 is 2.78 bits per heavy atom. The SMILES string of the molecule is Cc1[nH]c2c(C(=O)N3CCC4(C3)C(=O)Nc3ccccc34)cccc2c1C. The molecule has 1 spiro atoms. The first-order valence-electron chi connectivity index (χ1n) is 9.29. The van der Waals surface area contributed by atoms with Gasteiger partial charge in [-0.25, -0.2) is 0 Å². The van der Waals surface area contributed by atoms with Crippen LogP contribution in [0.2, 0.25) is 0 Å². The molecule has 1 atom stereocenters. The highest BCUT2D eigenvalue weighted by Gasteiger charge is 2.52. The fraction of sp³-hybridized carbons (Fsp3) is 0.273. The number of likely N-dealkylation sites (tertiary alicyclic amines) is 1. The Morgan fingerprint density at radius 1 is 1.11 bits per heavy atom. The van der Waals surface area contributed by atoms with E-state index in [0.29, 0.717) is 25.1 Å². The molecule has 136 valence electrons. The van der Waals surface area contributed by atoms with Crippen LogP contribution in [0.5, 0.6) is 0 Å². The van der Waals surface area contributed by atoms with Gasteiger partial charge in [0.25, 0.3) is 5.91 Å². The van der Waals surface area contributed by atoms with Gasteiger partial charge in [-0.2, -0.15) is 0 Å². The summed E-state index contributed by atoms with van der Waals surface area (Å²) in [6.07, 6.45) is 0.653. The highest BCUT2D eigenvalue weighted by molar-refractivity contribution is 6.09. The topological polar surface area (TPSA) is 65.2 Å². The summed E-state index contributed by atoms with van der Waals surface area (Å²) in [4.78, 5) is 31.3. The van der Waals surface area contributed by atoms with Crippen LogP contribution in [0.25, 0.3) is 10.9 Å². The van der Waals surface area contributed by atoms with Crippen molar-refractivity contribution >= 4 is 28.4 Å². The van der Waals surface area contributed by atoms with E-state index in [-0.39, 0.29) is 11.8 Å². The number of aromatic amines is 1. The smallest absolute Gasteiger partial charge is 0.256 e. The molecule has 0 bridgehead atoms. The highest BCUT2D eigenvalue weighted by Crippen LogP contribution is 2.44. The van der Waals surface area contributed by atoms with E-state index in [1.165, 1.54) is 5.56 Å². The van der Waals surface area contributed by atoms with E-state index in [0.717, 1.165) is 27.8 Å². The Labute approximate surface area is 157 Å². The largest absolute Gasteiger partial charge is 0.358 e. The van der Waals surface area contributed by atoms with Gasteiger partial charge in [0.1, 0.15) is 0 Å². The fourth-order valence-corrected chi connectivity index (χ4v) is 4.59. The maximum Gasteiger partial charge on any atom is 0.256 e. The van der Waals surface area contributed by atoms with Gasteiger partial charge in [0.05, 0.1) is 16.5 Å². The summed E-state index contributed by atoms with van der Waals surface area (Å²) in [6, 6.07) is 13.6. The lowest BCUT2D eigenvalue weighted by atomic mass is 9.81. The zero-order valence-electron chi connectivity index (χ0n) is 15.4. The van der Waals surface area contributed by atoms with Crippen LogP contribution in [0.4, 0.5) is 5.69 Å². The third-order valence-corrected chi connectivity index (χ3v) is 6.26. The standard InChI is InChI=1S/C22H21N3O2/c1-13-14(2)23-19-15(13)6-5-7-16(19)20(26)25-11-10-22(12-25)17-8-3-4-9-18(17)24-21(22)27/h3-9,23H,10-12H2,1-2H3,(H,24,27). The number of rotatable bonds is 1. The van der Waals surface area contributed by atoms with Crippen LogP contribution in [0.15, 0.2) is 42.5 Å². The Kier molecular flexibility index (Phi) is 3.26. The van der Waals surface area contributed by atoms with E-state index < -0.39 is 5.41 Å². The lowest BCUT2D eigenvalue weighted by Crippen LogP contribution is -2.39. The minimum Gasteiger partial charge on any atom is -0.358 e. The zero-order valence-corrected chi connectivity index (χ0v) is 15.4. The summed E-state index contributed by atoms with van der Waals surface area (Å²) in [5.41, 5.74) is 5.06. The van der Waals surface area contributed by atoms with Gasteiger partial charge in [-0.1, -0.05) is 30.3 Å². The monoisotopic (exact) mass is 359 g/mol. The number of anilines is 1. The molecule has 5 nitrogen and oxygen atoms in total. The molecule has 0 radical (unpaired) electrons. The molecule has 0 saturated carbocycles. The maximum atomic E-state index is 13.3. The van der Waals surface area contributed by atoms with E-state index >= 15 is 0 Å². The predicted octanol–water partition coefficient (Wildman–Crippen LogP) is 3.52. The van der Waals surface area contributed by atoms with Gasteiger partial charge in [0.2, 0.25) is 5.91 Å². The van der Waals surface area contributed by atoms with Crippen molar-refractivity contribution in [2.24, 2.45) is 0 Å². The average molecular weight is 359 g/mol. The quantitative estimate of drug-likeness (QED) is 0.698. The summed E-state index contributed by atoms with van der Waals surface area (Å²) in [5, 5.41) is 4.07. The minimum absolute atomic E-state index is 0.00349. The predicted molar refractivity (Wildman–Crippen MR) is 105 cm³/mol. The van der Waals surface area contributed by atoms with E-state index in [2.05, 4.69) is 17.2 Å². The molecule has 3 heterocycles. The molecule has 1 unspecified atom stereocenters. The van der Waals surface area contributed by atoms with Crippen LogP contribution in [0.3, 0.4) is 0 Å². The van der Waals surface area contributed by atoms with Crippen molar-refractivity contribution in [1.29, 1.82) is 0 Å². The first kappa shape index (κ1) is 16.1. The van der Waals surface area contributed by atoms with Crippen molar-refractivity contribution < 1.29 is 9.59 Å². The molecule has 0 aliphatic carbocycles. The molecule has 27 heavy (non-hydrogen) atoms. The molecule has 5 heteroatoms. The van der Waals surface area contributed by atoms with Gasteiger partial charge in [-0.15, -0.1) is 0 Å². The lowest BCUT2D eigenvalue weighted by molar-refractivity contribution is -0.120. The van der Waals surface area contributed by atoms with Crippen LogP contribution in [-0.2, 0) is 10.2 Å². The molecule has 3 aromatic rings. The van der Waals surface area contributed by atoms with Crippen molar-refractivity contribution in [3.8, 4) is 0 Å². The van der Waals surface area contributed by atoms with Crippen LogP contribution < -0.4 is 5.32 Å². The number of hydrogen-bond acceptors (Lipinski definition) is 2. The molecule has 2 aliphatic heterocycles. The molecule has 1 fully saturated rings. The van der Waals surface area contributed by atoms with Crippen molar-refractivity contribution in [3.05, 3.63) is 64.8 Å². The number of carbonyl (C=O) groups is 2. The van der Waals surface area contributed by atoms with Crippen LogP contribution in [0.1, 0.15) is 33.6 Å². The first-order valence-corrected chi connectivity index (χ1v) is 9.29. The molecule has 2 amide bonds. The molecule has 1 saturated heterocycles. The number of aryl methyl sites for hydroxylation is 2. The summed E-state index contributed by atoms with van der Waals surface area (Å²) >= 11 is 0. The van der Waals surface area contributed by atoms with Gasteiger partial charge >= 0.3 is 0 Å². The molecule has 5 rings (SSSR count). The molecule has 1 aromatic heterocycles. The normalized spacial score (nSPS) is 21.1. The zero-order chi connectivity index (χ0) is 18.8. The van der Waals surface area contributed by atoms with Crippen molar-refractivity contribution in [2.75, 3.05) is 18.4 Å². The summed E-state index contributed by atoms with van der Waals surface area (Å²) in [6.45, 7) is 5.08. The summed E-state index contributed by atoms with van der Waals surface area (Å²) in [7, 11) is 0. The number of aromatic nitrogens is 1. The Bertz CT molecular complexity index is 1110. The van der Waals surface area contributed by atoms with Crippen LogP contribution >= 0.6 is 0 Å². The lowest BCUT2D eigenvalue weighted by Gasteiger charge is -2.22. The number of para-hydroxylation sites is 2. The van der Waals surface area contributed by atoms with E-state index in [4.69, 9.17) is 0 Å². The molecule has 2 aliphatic rings. The maximum absolute atomic E-state index is 13.3. The second-order valence-corrected chi connectivity index (χ2v) is 7.66. The number of amides is 2. The van der Waals surface area contributed by atoms with E-state index in [1.54, 1.807) is 0 Å². The Hall–Kier alpha value is -3.08. The number of fused-ring (bicyclic) bond motifs is 3. The van der Waals surface area contributed by atoms with Crippen molar-refractivity contribution in [2.45, 2.75) is 25.7 Å². The second-order valence-electron chi connectivity index (χ2n) is 7.66. The van der Waals surface area contributed by atoms with Crippen molar-refractivity contribution in [1.82, 2.24) is 9.88 Å². The third-order valence-electron chi connectivity index (χ3n) is 6.26. The second kappa shape index (κ2) is 5.46. The van der Waals surface area contributed by atoms with Crippen LogP contribution in [0, 0.1) is 13.8 Å². The van der Waals surface area contributed by atoms with Gasteiger partial charge in [-0.3, -0.25) is 9.59 Å². The molecule has 2 aromatic carbocycles. The molecule has 2 N–H and O–H groups in total. The number of nitrogens with one attached hydrogen (secondary N) is 2. The summed E-state index contributed by atoms with van der Waals surface area (Å²) < 4.78 is 0. The van der Waals surface area contributed by atoms with Gasteiger partial charge < -0.3 is 15.2 Å². The number of benzene rings is 2. The molecular formula is C22H21N3O2. The minimum atomic E-state index is -0.623.